The second-order valence-corrected chi connectivity index (χ2v) is 17.9. The van der Waals surface area contributed by atoms with Gasteiger partial charge in [-0.15, -0.1) is 22.7 Å². The zero-order chi connectivity index (χ0) is 33.1. The second kappa shape index (κ2) is 11.0. The molecule has 0 unspecified atom stereocenters. The zero-order valence-electron chi connectivity index (χ0n) is 26.4. The fraction of sp³-hybridized carbons (Fsp3) is 0. The molecule has 0 aliphatic heterocycles. The first-order valence-corrected chi connectivity index (χ1v) is 19.9. The number of fused-ring (bicyclic) bond motifs is 14. The first-order valence-electron chi connectivity index (χ1n) is 16.6. The molecular formula is C46H24Br2S2. The number of thiophene rings is 2. The largest absolute Gasteiger partial charge is 0.128 e. The molecule has 9 aromatic carbocycles. The molecule has 0 aliphatic carbocycles. The first-order chi connectivity index (χ1) is 24.6. The molecule has 50 heavy (non-hydrogen) atoms. The zero-order valence-corrected chi connectivity index (χ0v) is 31.2. The molecular weight excluding hydrogens is 776 g/mol. The predicted octanol–water partition coefficient (Wildman–Crippen LogP) is 15.9. The van der Waals surface area contributed by atoms with Crippen molar-refractivity contribution in [2.24, 2.45) is 0 Å². The Labute approximate surface area is 312 Å². The maximum atomic E-state index is 3.92. The van der Waals surface area contributed by atoms with Crippen LogP contribution in [0.5, 0.6) is 0 Å². The lowest BCUT2D eigenvalue weighted by Crippen LogP contribution is -1.88. The summed E-state index contributed by atoms with van der Waals surface area (Å²) in [5.74, 6) is 0. The lowest BCUT2D eigenvalue weighted by atomic mass is 9.88. The van der Waals surface area contributed by atoms with E-state index in [1.807, 2.05) is 22.7 Å². The molecule has 4 heteroatoms. The van der Waals surface area contributed by atoms with Gasteiger partial charge >= 0.3 is 0 Å². The van der Waals surface area contributed by atoms with Crippen LogP contribution in [0.2, 0.25) is 0 Å². The van der Waals surface area contributed by atoms with Crippen LogP contribution in [0.1, 0.15) is 0 Å². The van der Waals surface area contributed by atoms with Crippen LogP contribution < -0.4 is 0 Å². The maximum absolute atomic E-state index is 3.92. The highest BCUT2D eigenvalue weighted by Gasteiger charge is 2.22. The molecule has 0 saturated heterocycles. The van der Waals surface area contributed by atoms with Gasteiger partial charge in [0, 0.05) is 31.3 Å². The van der Waals surface area contributed by atoms with Crippen LogP contribution in [0.4, 0.5) is 0 Å². The Morgan fingerprint density at radius 1 is 0.280 bits per heavy atom. The first kappa shape index (κ1) is 29.2. The van der Waals surface area contributed by atoms with Crippen LogP contribution in [-0.2, 0) is 0 Å². The van der Waals surface area contributed by atoms with Gasteiger partial charge in [-0.05, 0) is 132 Å². The van der Waals surface area contributed by atoms with Crippen molar-refractivity contribution in [3.8, 4) is 22.3 Å². The number of hydrogen-bond donors (Lipinski definition) is 0. The molecule has 2 heterocycles. The van der Waals surface area contributed by atoms with Crippen molar-refractivity contribution >= 4 is 139 Å². The Kier molecular flexibility index (Phi) is 6.39. The van der Waals surface area contributed by atoms with Crippen LogP contribution in [0, 0.1) is 0 Å². The smallest absolute Gasteiger partial charge is 0.0711 e. The van der Waals surface area contributed by atoms with E-state index < -0.39 is 0 Å². The average molecular weight is 801 g/mol. The summed E-state index contributed by atoms with van der Waals surface area (Å²) in [6, 6.07) is 54.2. The van der Waals surface area contributed by atoms with Gasteiger partial charge in [0.2, 0.25) is 0 Å². The van der Waals surface area contributed by atoms with Gasteiger partial charge in [-0.25, -0.2) is 0 Å². The SMILES string of the molecule is Brc1cc2c(-c3ccc4c5ccccc5c5ccccc5c4c3)c3sc(Br)cc3c(-c3ccc4c5ccccc5c5ccccc5c4c3)c2s1. The number of benzene rings is 9. The highest BCUT2D eigenvalue weighted by molar-refractivity contribution is 9.11. The average Bonchev–Trinajstić information content (AvgIpc) is 3.74. The number of hydrogen-bond acceptors (Lipinski definition) is 2. The van der Waals surface area contributed by atoms with E-state index in [9.17, 15) is 0 Å². The lowest BCUT2D eigenvalue weighted by Gasteiger charge is -2.16. The van der Waals surface area contributed by atoms with Gasteiger partial charge in [-0.3, -0.25) is 0 Å². The monoisotopic (exact) mass is 798 g/mol. The van der Waals surface area contributed by atoms with E-state index in [2.05, 4.69) is 177 Å². The summed E-state index contributed by atoms with van der Waals surface area (Å²) >= 11 is 11.5. The minimum atomic E-state index is 1.14. The van der Waals surface area contributed by atoms with Gasteiger partial charge in [0.1, 0.15) is 0 Å². The van der Waals surface area contributed by atoms with Crippen molar-refractivity contribution in [1.82, 2.24) is 0 Å². The summed E-state index contributed by atoms with van der Waals surface area (Å²) in [6.07, 6.45) is 0. The van der Waals surface area contributed by atoms with Crippen molar-refractivity contribution in [2.75, 3.05) is 0 Å². The highest BCUT2D eigenvalue weighted by atomic mass is 79.9. The molecule has 0 saturated carbocycles. The molecule has 0 aliphatic rings. The standard InChI is InChI=1S/C46H24Br2S2/c47-41-23-39-43(25-17-19-35-31-13-3-1-9-27(31)29-11-5-7-15-33(29)37(35)21-25)45-40(24-42(48)49-45)44(46(39)50-41)26-18-20-36-32-14-4-2-10-28(32)30-12-6-8-16-34(30)38(36)22-26/h1-24H. The minimum Gasteiger partial charge on any atom is -0.128 e. The maximum Gasteiger partial charge on any atom is 0.0711 e. The summed E-state index contributed by atoms with van der Waals surface area (Å²) in [6.45, 7) is 0. The van der Waals surface area contributed by atoms with Crippen LogP contribution >= 0.6 is 54.5 Å². The lowest BCUT2D eigenvalue weighted by molar-refractivity contribution is 1.74. The van der Waals surface area contributed by atoms with E-state index >= 15 is 0 Å². The molecule has 0 atom stereocenters. The Balaban J connectivity index is 1.23. The number of rotatable bonds is 2. The molecule has 0 amide bonds. The Morgan fingerprint density at radius 2 is 0.560 bits per heavy atom. The summed E-state index contributed by atoms with van der Waals surface area (Å²) in [4.78, 5) is 0. The van der Waals surface area contributed by atoms with Gasteiger partial charge in [-0.1, -0.05) is 121 Å². The topological polar surface area (TPSA) is 0 Å². The van der Waals surface area contributed by atoms with E-state index in [4.69, 9.17) is 0 Å². The second-order valence-electron chi connectivity index (χ2n) is 13.0. The molecule has 234 valence electrons. The quantitative estimate of drug-likeness (QED) is 0.153. The van der Waals surface area contributed by atoms with Crippen molar-refractivity contribution in [3.63, 3.8) is 0 Å². The molecule has 11 rings (SSSR count). The minimum absolute atomic E-state index is 1.14. The van der Waals surface area contributed by atoms with Gasteiger partial charge < -0.3 is 0 Å². The molecule has 0 radical (unpaired) electrons. The van der Waals surface area contributed by atoms with Crippen LogP contribution in [0.25, 0.3) is 107 Å². The molecule has 11 aromatic rings. The summed E-state index contributed by atoms with van der Waals surface area (Å²) in [5, 5.41) is 18.1. The Hall–Kier alpha value is -4.58. The molecule has 0 spiro atoms. The van der Waals surface area contributed by atoms with Crippen molar-refractivity contribution in [1.29, 1.82) is 0 Å². The van der Waals surface area contributed by atoms with Crippen LogP contribution in [-0.4, -0.2) is 0 Å². The third kappa shape index (κ3) is 4.14. The van der Waals surface area contributed by atoms with Gasteiger partial charge in [0.25, 0.3) is 0 Å². The highest BCUT2D eigenvalue weighted by Crippen LogP contribution is 2.52. The molecule has 0 fully saturated rings. The Morgan fingerprint density at radius 3 is 0.880 bits per heavy atom. The van der Waals surface area contributed by atoms with E-state index in [0.717, 1.165) is 7.57 Å². The van der Waals surface area contributed by atoms with E-state index in [-0.39, 0.29) is 0 Å². The van der Waals surface area contributed by atoms with Crippen LogP contribution in [0.15, 0.2) is 153 Å². The molecule has 0 bridgehead atoms. The van der Waals surface area contributed by atoms with Gasteiger partial charge in [0.15, 0.2) is 0 Å². The van der Waals surface area contributed by atoms with Crippen LogP contribution in [0.3, 0.4) is 0 Å². The van der Waals surface area contributed by atoms with Gasteiger partial charge in [0.05, 0.1) is 7.57 Å². The summed E-state index contributed by atoms with van der Waals surface area (Å²) < 4.78 is 4.89. The number of halogens is 2. The van der Waals surface area contributed by atoms with E-state index in [1.54, 1.807) is 0 Å². The Bertz CT molecular complexity index is 2900. The fourth-order valence-electron chi connectivity index (χ4n) is 8.41. The summed E-state index contributed by atoms with van der Waals surface area (Å²) in [5.41, 5.74) is 5.09. The predicted molar refractivity (Wildman–Crippen MR) is 229 cm³/mol. The third-order valence-electron chi connectivity index (χ3n) is 10.5. The van der Waals surface area contributed by atoms with Crippen molar-refractivity contribution in [2.45, 2.75) is 0 Å². The van der Waals surface area contributed by atoms with Crippen molar-refractivity contribution in [3.05, 3.63) is 153 Å². The fourth-order valence-corrected chi connectivity index (χ4v) is 11.8. The van der Waals surface area contributed by atoms with Gasteiger partial charge in [-0.2, -0.15) is 0 Å². The molecule has 0 nitrogen and oxygen atoms in total. The van der Waals surface area contributed by atoms with E-state index in [1.165, 1.54) is 107 Å². The van der Waals surface area contributed by atoms with Crippen molar-refractivity contribution < 1.29 is 0 Å². The van der Waals surface area contributed by atoms with E-state index in [0.29, 0.717) is 0 Å². The third-order valence-corrected chi connectivity index (χ3v) is 13.8. The molecule has 2 aromatic heterocycles. The summed E-state index contributed by atoms with van der Waals surface area (Å²) in [7, 11) is 0. The molecule has 0 N–H and O–H groups in total. The normalized spacial score (nSPS) is 12.2.